The van der Waals surface area contributed by atoms with Crippen LogP contribution in [0.3, 0.4) is 0 Å². The average molecular weight is 244 g/mol. The van der Waals surface area contributed by atoms with Crippen LogP contribution in [0.1, 0.15) is 5.56 Å². The summed E-state index contributed by atoms with van der Waals surface area (Å²) in [4.78, 5) is 4.24. The Morgan fingerprint density at radius 1 is 1.11 bits per heavy atom. The maximum atomic E-state index is 5.23. The Balaban J connectivity index is 2.06. The molecule has 0 atom stereocenters. The fourth-order valence-corrected chi connectivity index (χ4v) is 1.66. The number of nitrogens with zero attached hydrogens (tertiary/aromatic N) is 1. The van der Waals surface area contributed by atoms with Gasteiger partial charge in [-0.1, -0.05) is 12.1 Å². The summed E-state index contributed by atoms with van der Waals surface area (Å²) in [6.45, 7) is 0.671. The number of pyridine rings is 1. The minimum Gasteiger partial charge on any atom is -0.497 e. The van der Waals surface area contributed by atoms with Crippen molar-refractivity contribution in [3.63, 3.8) is 0 Å². The van der Waals surface area contributed by atoms with Gasteiger partial charge in [0, 0.05) is 12.7 Å². The van der Waals surface area contributed by atoms with E-state index < -0.39 is 0 Å². The molecule has 0 aliphatic heterocycles. The predicted molar refractivity (Wildman–Crippen MR) is 71.1 cm³/mol. The van der Waals surface area contributed by atoms with Crippen LogP contribution in [0, 0.1) is 0 Å². The van der Waals surface area contributed by atoms with E-state index in [0.717, 1.165) is 22.9 Å². The number of anilines is 1. The van der Waals surface area contributed by atoms with Crippen LogP contribution in [0.2, 0.25) is 0 Å². The molecule has 18 heavy (non-hydrogen) atoms. The van der Waals surface area contributed by atoms with Gasteiger partial charge in [-0.25, -0.2) is 4.98 Å². The van der Waals surface area contributed by atoms with E-state index in [1.807, 2.05) is 36.4 Å². The quantitative estimate of drug-likeness (QED) is 0.878. The van der Waals surface area contributed by atoms with Gasteiger partial charge < -0.3 is 14.8 Å². The summed E-state index contributed by atoms with van der Waals surface area (Å²) >= 11 is 0. The second-order valence-electron chi connectivity index (χ2n) is 3.76. The van der Waals surface area contributed by atoms with Crippen molar-refractivity contribution in [3.8, 4) is 11.5 Å². The fraction of sp³-hybridized carbons (Fsp3) is 0.214. The third kappa shape index (κ3) is 2.91. The normalized spacial score (nSPS) is 9.89. The number of hydrogen-bond donors (Lipinski definition) is 1. The summed E-state index contributed by atoms with van der Waals surface area (Å²) in [5.41, 5.74) is 1.13. The molecular weight excluding hydrogens is 228 g/mol. The topological polar surface area (TPSA) is 43.4 Å². The zero-order chi connectivity index (χ0) is 12.8. The lowest BCUT2D eigenvalue weighted by atomic mass is 10.2. The third-order valence-corrected chi connectivity index (χ3v) is 2.58. The highest BCUT2D eigenvalue weighted by Crippen LogP contribution is 2.21. The number of nitrogens with one attached hydrogen (secondary N) is 1. The molecule has 0 aliphatic carbocycles. The molecule has 0 unspecified atom stereocenters. The molecule has 0 amide bonds. The van der Waals surface area contributed by atoms with Crippen molar-refractivity contribution in [2.75, 3.05) is 19.5 Å². The van der Waals surface area contributed by atoms with Crippen molar-refractivity contribution in [3.05, 3.63) is 48.2 Å². The summed E-state index contributed by atoms with van der Waals surface area (Å²) in [6, 6.07) is 11.6. The highest BCUT2D eigenvalue weighted by Gasteiger charge is 2.02. The van der Waals surface area contributed by atoms with Gasteiger partial charge in [-0.2, -0.15) is 0 Å². The molecule has 0 bridgehead atoms. The molecule has 0 saturated carbocycles. The van der Waals surface area contributed by atoms with Gasteiger partial charge in [0.2, 0.25) is 0 Å². The van der Waals surface area contributed by atoms with Crippen LogP contribution in [0.25, 0.3) is 0 Å². The van der Waals surface area contributed by atoms with E-state index in [1.165, 1.54) is 0 Å². The molecule has 0 aliphatic rings. The molecule has 0 fully saturated rings. The summed E-state index contributed by atoms with van der Waals surface area (Å²) in [5.74, 6) is 2.32. The monoisotopic (exact) mass is 244 g/mol. The standard InChI is InChI=1S/C14H16N2O2/c1-17-12-6-3-5-11(9-12)10-16-14-13(18-2)7-4-8-15-14/h3-9H,10H2,1-2H3,(H,15,16). The van der Waals surface area contributed by atoms with Crippen molar-refractivity contribution < 1.29 is 9.47 Å². The molecule has 0 spiro atoms. The van der Waals surface area contributed by atoms with E-state index >= 15 is 0 Å². The van der Waals surface area contributed by atoms with Crippen molar-refractivity contribution in [1.82, 2.24) is 4.98 Å². The average Bonchev–Trinajstić information content (AvgIpc) is 2.45. The molecular formula is C14H16N2O2. The van der Waals surface area contributed by atoms with E-state index in [9.17, 15) is 0 Å². The molecule has 2 rings (SSSR count). The number of methoxy groups -OCH3 is 2. The molecule has 0 radical (unpaired) electrons. The van der Waals surface area contributed by atoms with Crippen LogP contribution in [0.15, 0.2) is 42.6 Å². The van der Waals surface area contributed by atoms with Gasteiger partial charge in [-0.05, 0) is 29.8 Å². The van der Waals surface area contributed by atoms with Crippen LogP contribution < -0.4 is 14.8 Å². The van der Waals surface area contributed by atoms with Gasteiger partial charge in [-0.15, -0.1) is 0 Å². The second kappa shape index (κ2) is 5.91. The maximum Gasteiger partial charge on any atom is 0.168 e. The van der Waals surface area contributed by atoms with Gasteiger partial charge in [-0.3, -0.25) is 0 Å². The minimum atomic E-state index is 0.671. The number of rotatable bonds is 5. The van der Waals surface area contributed by atoms with Gasteiger partial charge in [0.05, 0.1) is 14.2 Å². The first kappa shape index (κ1) is 12.2. The lowest BCUT2D eigenvalue weighted by Gasteiger charge is -2.10. The van der Waals surface area contributed by atoms with Crippen LogP contribution in [-0.2, 0) is 6.54 Å². The molecule has 0 saturated heterocycles. The van der Waals surface area contributed by atoms with E-state index in [2.05, 4.69) is 10.3 Å². The smallest absolute Gasteiger partial charge is 0.168 e. The number of ether oxygens (including phenoxy) is 2. The van der Waals surface area contributed by atoms with E-state index in [4.69, 9.17) is 9.47 Å². The highest BCUT2D eigenvalue weighted by molar-refractivity contribution is 5.49. The summed E-state index contributed by atoms with van der Waals surface area (Å²) in [7, 11) is 3.29. The first-order chi connectivity index (χ1) is 8.83. The van der Waals surface area contributed by atoms with Gasteiger partial charge >= 0.3 is 0 Å². The van der Waals surface area contributed by atoms with E-state index in [1.54, 1.807) is 20.4 Å². The molecule has 4 nitrogen and oxygen atoms in total. The molecule has 2 aromatic rings. The van der Waals surface area contributed by atoms with Crippen molar-refractivity contribution in [2.45, 2.75) is 6.54 Å². The number of hydrogen-bond acceptors (Lipinski definition) is 4. The molecule has 1 heterocycles. The lowest BCUT2D eigenvalue weighted by molar-refractivity contribution is 0.414. The van der Waals surface area contributed by atoms with E-state index in [-0.39, 0.29) is 0 Å². The Morgan fingerprint density at radius 2 is 2.00 bits per heavy atom. The van der Waals surface area contributed by atoms with Crippen LogP contribution in [-0.4, -0.2) is 19.2 Å². The van der Waals surface area contributed by atoms with Gasteiger partial charge in [0.1, 0.15) is 5.75 Å². The molecule has 94 valence electrons. The third-order valence-electron chi connectivity index (χ3n) is 2.58. The number of benzene rings is 1. The zero-order valence-electron chi connectivity index (χ0n) is 10.5. The van der Waals surface area contributed by atoms with E-state index in [0.29, 0.717) is 6.54 Å². The summed E-state index contributed by atoms with van der Waals surface area (Å²) in [5, 5.41) is 3.24. The van der Waals surface area contributed by atoms with Gasteiger partial charge in [0.25, 0.3) is 0 Å². The molecule has 1 aromatic heterocycles. The zero-order valence-corrected chi connectivity index (χ0v) is 10.5. The Kier molecular flexibility index (Phi) is 4.02. The second-order valence-corrected chi connectivity index (χ2v) is 3.76. The Bertz CT molecular complexity index is 515. The highest BCUT2D eigenvalue weighted by atomic mass is 16.5. The molecule has 4 heteroatoms. The van der Waals surface area contributed by atoms with Crippen LogP contribution in [0.4, 0.5) is 5.82 Å². The summed E-state index contributed by atoms with van der Waals surface area (Å²) < 4.78 is 10.4. The minimum absolute atomic E-state index is 0.671. The number of aromatic nitrogens is 1. The SMILES string of the molecule is COc1cccc(CNc2ncccc2OC)c1. The predicted octanol–water partition coefficient (Wildman–Crippen LogP) is 2.71. The van der Waals surface area contributed by atoms with Crippen LogP contribution >= 0.6 is 0 Å². The first-order valence-corrected chi connectivity index (χ1v) is 5.69. The van der Waals surface area contributed by atoms with Gasteiger partial charge in [0.15, 0.2) is 11.6 Å². The Labute approximate surface area is 107 Å². The van der Waals surface area contributed by atoms with Crippen molar-refractivity contribution in [2.24, 2.45) is 0 Å². The lowest BCUT2D eigenvalue weighted by Crippen LogP contribution is -2.03. The molecule has 1 N–H and O–H groups in total. The van der Waals surface area contributed by atoms with Crippen molar-refractivity contribution >= 4 is 5.82 Å². The first-order valence-electron chi connectivity index (χ1n) is 5.69. The maximum absolute atomic E-state index is 5.23. The Morgan fingerprint density at radius 3 is 2.78 bits per heavy atom. The van der Waals surface area contributed by atoms with Crippen molar-refractivity contribution in [1.29, 1.82) is 0 Å². The summed E-state index contributed by atoms with van der Waals surface area (Å²) in [6.07, 6.45) is 1.73. The largest absolute Gasteiger partial charge is 0.497 e. The molecule has 1 aromatic carbocycles. The fourth-order valence-electron chi connectivity index (χ4n) is 1.66. The van der Waals surface area contributed by atoms with Crippen LogP contribution in [0.5, 0.6) is 11.5 Å². The Hall–Kier alpha value is -2.23.